The van der Waals surface area contributed by atoms with Gasteiger partial charge in [0.2, 0.25) is 0 Å². The molecule has 0 fully saturated rings. The normalized spacial score (nSPS) is 11.7. The quantitative estimate of drug-likeness (QED) is 0.237. The Morgan fingerprint density at radius 2 is 1.00 bits per heavy atom. The van der Waals surface area contributed by atoms with E-state index in [4.69, 9.17) is 33.3 Å². The van der Waals surface area contributed by atoms with E-state index in [9.17, 15) is 13.2 Å². The van der Waals surface area contributed by atoms with Crippen molar-refractivity contribution in [3.05, 3.63) is 0 Å². The molecule has 10 nitrogen and oxygen atoms in total. The molecule has 0 heterocycles. The van der Waals surface area contributed by atoms with Crippen LogP contribution in [0.2, 0.25) is 0 Å². The monoisotopic (exact) mass is 374 g/mol. The summed E-state index contributed by atoms with van der Waals surface area (Å²) in [6, 6.07) is 0. The minimum Gasteiger partial charge on any atom is -0.481 e. The molecule has 0 aromatic rings. The Labute approximate surface area is 141 Å². The van der Waals surface area contributed by atoms with Gasteiger partial charge in [-0.1, -0.05) is 0 Å². The lowest BCUT2D eigenvalue weighted by Gasteiger charge is -2.07. The van der Waals surface area contributed by atoms with Crippen molar-refractivity contribution in [2.75, 3.05) is 71.8 Å². The van der Waals surface area contributed by atoms with Crippen LogP contribution in [0.5, 0.6) is 0 Å². The van der Waals surface area contributed by atoms with E-state index in [0.717, 1.165) is 0 Å². The highest BCUT2D eigenvalue weighted by Gasteiger charge is 2.03. The summed E-state index contributed by atoms with van der Waals surface area (Å²) >= 11 is 0. The molecule has 0 aliphatic carbocycles. The molecule has 0 aliphatic heterocycles. The first kappa shape index (κ1) is 23.2. The number of rotatable bonds is 18. The molecule has 0 atom stereocenters. The van der Waals surface area contributed by atoms with E-state index >= 15 is 0 Å². The number of carbonyl (C=O) groups is 1. The van der Waals surface area contributed by atoms with Crippen molar-refractivity contribution in [2.45, 2.75) is 6.42 Å². The van der Waals surface area contributed by atoms with Gasteiger partial charge in [0.1, 0.15) is 0 Å². The van der Waals surface area contributed by atoms with Crippen LogP contribution in [0.4, 0.5) is 0 Å². The third kappa shape index (κ3) is 21.2. The number of carboxylic acids is 1. The van der Waals surface area contributed by atoms with Crippen molar-refractivity contribution in [1.29, 1.82) is 0 Å². The van der Waals surface area contributed by atoms with Crippen LogP contribution in [0, 0.1) is 0 Å². The number of carboxylic acid groups (broad SMARTS) is 1. The smallest absolute Gasteiger partial charge is 0.305 e. The molecule has 0 amide bonds. The molecule has 0 saturated carbocycles. The summed E-state index contributed by atoms with van der Waals surface area (Å²) < 4.78 is 54.9. The molecular weight excluding hydrogens is 348 g/mol. The Morgan fingerprint density at radius 3 is 1.33 bits per heavy atom. The van der Waals surface area contributed by atoms with Crippen molar-refractivity contribution in [3.63, 3.8) is 0 Å². The zero-order valence-electron chi connectivity index (χ0n) is 13.6. The molecule has 0 aromatic heterocycles. The van der Waals surface area contributed by atoms with Crippen molar-refractivity contribution in [3.8, 4) is 0 Å². The van der Waals surface area contributed by atoms with Crippen LogP contribution in [0.15, 0.2) is 0 Å². The molecule has 144 valence electrons. The summed E-state index contributed by atoms with van der Waals surface area (Å²) in [7, 11) is -3.98. The van der Waals surface area contributed by atoms with Crippen LogP contribution in [0.1, 0.15) is 6.42 Å². The summed E-state index contributed by atoms with van der Waals surface area (Å²) in [5.41, 5.74) is 0. The van der Waals surface area contributed by atoms with Gasteiger partial charge in [-0.2, -0.15) is 8.42 Å². The van der Waals surface area contributed by atoms with Crippen molar-refractivity contribution in [1.82, 2.24) is 0 Å². The maximum Gasteiger partial charge on any atom is 0.305 e. The highest BCUT2D eigenvalue weighted by molar-refractivity contribution is 7.85. The van der Waals surface area contributed by atoms with Crippen LogP contribution in [0.3, 0.4) is 0 Å². The second-order valence-corrected chi connectivity index (χ2v) is 6.06. The van der Waals surface area contributed by atoms with Gasteiger partial charge in [0.25, 0.3) is 10.1 Å². The van der Waals surface area contributed by atoms with Gasteiger partial charge < -0.3 is 28.8 Å². The Kier molecular flexibility index (Phi) is 15.2. The Morgan fingerprint density at radius 1 is 0.667 bits per heavy atom. The average Bonchev–Trinajstić information content (AvgIpc) is 2.49. The number of aliphatic carboxylic acids is 1. The fraction of sp³-hybridized carbons (Fsp3) is 0.923. The third-order valence-corrected chi connectivity index (χ3v) is 3.12. The number of hydrogen-bond donors (Lipinski definition) is 2. The van der Waals surface area contributed by atoms with Gasteiger partial charge in [-0.05, 0) is 0 Å². The zero-order chi connectivity index (χ0) is 18.1. The van der Waals surface area contributed by atoms with E-state index < -0.39 is 21.8 Å². The van der Waals surface area contributed by atoms with E-state index in [0.29, 0.717) is 46.2 Å². The van der Waals surface area contributed by atoms with E-state index in [1.807, 2.05) is 0 Å². The van der Waals surface area contributed by atoms with Crippen LogP contribution in [-0.2, 0) is 38.6 Å². The van der Waals surface area contributed by atoms with Crippen LogP contribution in [0.25, 0.3) is 0 Å². The molecule has 0 aromatic carbocycles. The molecule has 24 heavy (non-hydrogen) atoms. The Hall–Kier alpha value is -0.820. The topological polar surface area (TPSA) is 138 Å². The van der Waals surface area contributed by atoms with Crippen molar-refractivity contribution >= 4 is 16.1 Å². The van der Waals surface area contributed by atoms with Gasteiger partial charge in [0.05, 0.1) is 78.2 Å². The minimum absolute atomic E-state index is 0.0192. The lowest BCUT2D eigenvalue weighted by molar-refractivity contribution is -0.138. The highest BCUT2D eigenvalue weighted by atomic mass is 32.2. The van der Waals surface area contributed by atoms with E-state index in [1.54, 1.807) is 0 Å². The Balaban J connectivity index is 3.06. The minimum atomic E-state index is -3.98. The number of hydrogen-bond acceptors (Lipinski definition) is 8. The fourth-order valence-electron chi connectivity index (χ4n) is 1.31. The molecule has 0 unspecified atom stereocenters. The molecule has 0 bridgehead atoms. The third-order valence-electron chi connectivity index (χ3n) is 2.43. The first-order valence-corrected chi connectivity index (χ1v) is 9.08. The van der Waals surface area contributed by atoms with Gasteiger partial charge in [0, 0.05) is 0 Å². The fourth-order valence-corrected chi connectivity index (χ4v) is 1.63. The second-order valence-electron chi connectivity index (χ2n) is 4.49. The van der Waals surface area contributed by atoms with Gasteiger partial charge in [-0.3, -0.25) is 9.35 Å². The second kappa shape index (κ2) is 15.7. The molecule has 2 N–H and O–H groups in total. The van der Waals surface area contributed by atoms with Gasteiger partial charge in [-0.25, -0.2) is 0 Å². The van der Waals surface area contributed by atoms with Crippen molar-refractivity contribution < 1.29 is 46.6 Å². The zero-order valence-corrected chi connectivity index (χ0v) is 14.4. The van der Waals surface area contributed by atoms with Gasteiger partial charge in [0.15, 0.2) is 0 Å². The molecule has 11 heteroatoms. The maximum atomic E-state index is 10.4. The molecular formula is C13H26O10S. The lowest BCUT2D eigenvalue weighted by atomic mass is 10.5. The standard InChI is InChI=1S/C13H26O10S/c14-13(15)1-2-19-3-4-20-5-6-21-7-8-22-9-10-23-11-12-24(16,17)18/h1-12H2,(H,14,15)(H,16,17,18). The summed E-state index contributed by atoms with van der Waals surface area (Å²) in [5, 5.41) is 8.38. The van der Waals surface area contributed by atoms with E-state index in [-0.39, 0.29) is 26.2 Å². The van der Waals surface area contributed by atoms with Crippen LogP contribution < -0.4 is 0 Å². The largest absolute Gasteiger partial charge is 0.481 e. The lowest BCUT2D eigenvalue weighted by Crippen LogP contribution is -2.15. The Bertz CT molecular complexity index is 398. The first-order chi connectivity index (χ1) is 11.4. The molecule has 0 saturated heterocycles. The maximum absolute atomic E-state index is 10.4. The predicted molar refractivity (Wildman–Crippen MR) is 82.8 cm³/mol. The molecule has 0 rings (SSSR count). The van der Waals surface area contributed by atoms with Gasteiger partial charge >= 0.3 is 5.97 Å². The molecule has 0 aliphatic rings. The molecule has 0 spiro atoms. The summed E-state index contributed by atoms with van der Waals surface area (Å²) in [6.45, 7) is 2.93. The highest BCUT2D eigenvalue weighted by Crippen LogP contribution is 1.87. The first-order valence-electron chi connectivity index (χ1n) is 7.47. The summed E-state index contributed by atoms with van der Waals surface area (Å²) in [4.78, 5) is 10.2. The summed E-state index contributed by atoms with van der Waals surface area (Å²) in [5.74, 6) is -1.32. The predicted octanol–water partition coefficient (Wildman–Crippen LogP) is -0.568. The molecule has 0 radical (unpaired) electrons. The van der Waals surface area contributed by atoms with Crippen LogP contribution in [-0.4, -0.2) is 95.9 Å². The summed E-state index contributed by atoms with van der Waals surface area (Å²) in [6.07, 6.45) is -0.0192. The van der Waals surface area contributed by atoms with E-state index in [1.165, 1.54) is 0 Å². The average molecular weight is 374 g/mol. The van der Waals surface area contributed by atoms with Crippen molar-refractivity contribution in [2.24, 2.45) is 0 Å². The van der Waals surface area contributed by atoms with Gasteiger partial charge in [-0.15, -0.1) is 0 Å². The van der Waals surface area contributed by atoms with E-state index in [2.05, 4.69) is 0 Å². The van der Waals surface area contributed by atoms with Crippen LogP contribution >= 0.6 is 0 Å². The number of ether oxygens (including phenoxy) is 5. The SMILES string of the molecule is O=C(O)CCOCCOCCOCCOCCOCCS(=O)(=O)O.